The molecule has 3 heterocycles. The molecular weight excluding hydrogens is 408 g/mol. The molecule has 2 aromatic heterocycles. The number of hydrogen-bond donors (Lipinski definition) is 2. The maximum absolute atomic E-state index is 11.8. The summed E-state index contributed by atoms with van der Waals surface area (Å²) in [5, 5.41) is 21.3. The van der Waals surface area contributed by atoms with E-state index in [4.69, 9.17) is 5.73 Å². The standard InChI is InChI=1S/C23H28N6O3/c24-23-22(29(31)32)18(11-21(26-23)27-9-8-15(12-27)13-30)16-6-7-20-19(10-16)25-14-28(20)17-4-2-1-3-5-17/h6-7,10-11,14-15,17,30H,1-5,8-9,12-13H2,(H2,24,26)/t15-/m0/s1. The molecule has 1 saturated carbocycles. The van der Waals surface area contributed by atoms with E-state index in [9.17, 15) is 15.2 Å². The van der Waals surface area contributed by atoms with Crippen LogP contribution in [0, 0.1) is 16.0 Å². The summed E-state index contributed by atoms with van der Waals surface area (Å²) in [5.74, 6) is 0.687. The zero-order valence-electron chi connectivity index (χ0n) is 18.0. The van der Waals surface area contributed by atoms with Gasteiger partial charge in [-0.3, -0.25) is 10.1 Å². The van der Waals surface area contributed by atoms with E-state index in [0.29, 0.717) is 29.5 Å². The lowest BCUT2D eigenvalue weighted by atomic mass is 9.95. The average molecular weight is 437 g/mol. The maximum atomic E-state index is 11.8. The summed E-state index contributed by atoms with van der Waals surface area (Å²) < 4.78 is 2.25. The number of aromatic nitrogens is 3. The number of nitrogens with two attached hydrogens (primary N) is 1. The molecule has 0 radical (unpaired) electrons. The minimum absolute atomic E-state index is 0.0946. The zero-order chi connectivity index (χ0) is 22.2. The smallest absolute Gasteiger partial charge is 0.319 e. The molecule has 0 unspecified atom stereocenters. The summed E-state index contributed by atoms with van der Waals surface area (Å²) >= 11 is 0. The van der Waals surface area contributed by atoms with Gasteiger partial charge < -0.3 is 20.3 Å². The van der Waals surface area contributed by atoms with Crippen LogP contribution in [0.1, 0.15) is 44.6 Å². The first-order valence-corrected chi connectivity index (χ1v) is 11.3. The maximum Gasteiger partial charge on any atom is 0.319 e. The number of pyridine rings is 1. The highest BCUT2D eigenvalue weighted by molar-refractivity contribution is 5.88. The van der Waals surface area contributed by atoms with Gasteiger partial charge in [0.05, 0.1) is 27.8 Å². The zero-order valence-corrected chi connectivity index (χ0v) is 18.0. The van der Waals surface area contributed by atoms with Crippen molar-refractivity contribution in [2.75, 3.05) is 30.3 Å². The van der Waals surface area contributed by atoms with Crippen molar-refractivity contribution in [3.63, 3.8) is 0 Å². The Labute approximate surface area is 186 Å². The van der Waals surface area contributed by atoms with E-state index in [2.05, 4.69) is 14.5 Å². The molecule has 1 aromatic carbocycles. The normalized spacial score (nSPS) is 19.7. The van der Waals surface area contributed by atoms with Crippen molar-refractivity contribution in [1.29, 1.82) is 0 Å². The molecule has 1 atom stereocenters. The van der Waals surface area contributed by atoms with E-state index in [1.54, 1.807) is 6.07 Å². The molecule has 1 aliphatic heterocycles. The lowest BCUT2D eigenvalue weighted by Crippen LogP contribution is -2.22. The minimum Gasteiger partial charge on any atom is -0.396 e. The molecule has 1 saturated heterocycles. The Morgan fingerprint density at radius 3 is 2.72 bits per heavy atom. The van der Waals surface area contributed by atoms with E-state index in [-0.39, 0.29) is 24.0 Å². The number of nitro groups is 1. The van der Waals surface area contributed by atoms with Crippen molar-refractivity contribution in [2.24, 2.45) is 5.92 Å². The SMILES string of the molecule is Nc1nc(N2CC[C@H](CO)C2)cc(-c2ccc3c(c2)ncn3C2CCCCC2)c1[N+](=O)[O-]. The molecule has 0 amide bonds. The number of fused-ring (bicyclic) bond motifs is 1. The fourth-order valence-electron chi connectivity index (χ4n) is 5.16. The van der Waals surface area contributed by atoms with Crippen molar-refractivity contribution in [3.05, 3.63) is 40.7 Å². The van der Waals surface area contributed by atoms with Gasteiger partial charge in [-0.05, 0) is 43.0 Å². The minimum atomic E-state index is -0.465. The van der Waals surface area contributed by atoms with E-state index in [0.717, 1.165) is 36.8 Å². The Kier molecular flexibility index (Phi) is 5.42. The number of aliphatic hydroxyl groups excluding tert-OH is 1. The van der Waals surface area contributed by atoms with Crippen LogP contribution >= 0.6 is 0 Å². The third kappa shape index (κ3) is 3.66. The van der Waals surface area contributed by atoms with Gasteiger partial charge in [-0.15, -0.1) is 0 Å². The van der Waals surface area contributed by atoms with Crippen LogP contribution in [0.2, 0.25) is 0 Å². The number of anilines is 2. The number of aliphatic hydroxyl groups is 1. The summed E-state index contributed by atoms with van der Waals surface area (Å²) in [5.41, 5.74) is 8.89. The third-order valence-corrected chi connectivity index (χ3v) is 6.91. The molecule has 3 aromatic rings. The van der Waals surface area contributed by atoms with Gasteiger partial charge in [0.15, 0.2) is 0 Å². The highest BCUT2D eigenvalue weighted by atomic mass is 16.6. The highest BCUT2D eigenvalue weighted by Crippen LogP contribution is 2.39. The van der Waals surface area contributed by atoms with Gasteiger partial charge >= 0.3 is 5.69 Å². The highest BCUT2D eigenvalue weighted by Gasteiger charge is 2.28. The third-order valence-electron chi connectivity index (χ3n) is 6.91. The topological polar surface area (TPSA) is 123 Å². The van der Waals surface area contributed by atoms with Crippen LogP contribution in [-0.2, 0) is 0 Å². The Morgan fingerprint density at radius 1 is 1.19 bits per heavy atom. The summed E-state index contributed by atoms with van der Waals surface area (Å²) in [4.78, 5) is 22.3. The fourth-order valence-corrected chi connectivity index (χ4v) is 5.16. The van der Waals surface area contributed by atoms with Crippen molar-refractivity contribution in [3.8, 4) is 11.1 Å². The Balaban J connectivity index is 1.56. The Bertz CT molecular complexity index is 1150. The van der Waals surface area contributed by atoms with Crippen LogP contribution in [0.4, 0.5) is 17.3 Å². The monoisotopic (exact) mass is 436 g/mol. The summed E-state index contributed by atoms with van der Waals surface area (Å²) in [6, 6.07) is 8.03. The van der Waals surface area contributed by atoms with Gasteiger partial charge in [0.2, 0.25) is 5.82 Å². The van der Waals surface area contributed by atoms with E-state index in [1.807, 2.05) is 29.4 Å². The van der Waals surface area contributed by atoms with E-state index in [1.165, 1.54) is 19.3 Å². The molecule has 168 valence electrons. The second kappa shape index (κ2) is 8.38. The summed E-state index contributed by atoms with van der Waals surface area (Å²) in [6.07, 6.45) is 8.84. The molecule has 3 N–H and O–H groups in total. The molecule has 2 fully saturated rings. The van der Waals surface area contributed by atoms with Crippen LogP contribution in [0.15, 0.2) is 30.6 Å². The van der Waals surface area contributed by atoms with Crippen molar-refractivity contribution in [1.82, 2.24) is 14.5 Å². The summed E-state index contributed by atoms with van der Waals surface area (Å²) in [6.45, 7) is 1.51. The second-order valence-corrected chi connectivity index (χ2v) is 8.95. The first kappa shape index (κ1) is 20.7. The molecule has 1 aliphatic carbocycles. The van der Waals surface area contributed by atoms with Crippen LogP contribution < -0.4 is 10.6 Å². The summed E-state index contributed by atoms with van der Waals surface area (Å²) in [7, 11) is 0. The lowest BCUT2D eigenvalue weighted by molar-refractivity contribution is -0.383. The van der Waals surface area contributed by atoms with Gasteiger partial charge in [0.1, 0.15) is 5.82 Å². The molecule has 32 heavy (non-hydrogen) atoms. The molecule has 0 bridgehead atoms. The number of benzene rings is 1. The molecular formula is C23H28N6O3. The van der Waals surface area contributed by atoms with Crippen molar-refractivity contribution < 1.29 is 10.0 Å². The van der Waals surface area contributed by atoms with Gasteiger partial charge in [0.25, 0.3) is 0 Å². The first-order chi connectivity index (χ1) is 15.5. The lowest BCUT2D eigenvalue weighted by Gasteiger charge is -2.23. The van der Waals surface area contributed by atoms with Crippen LogP contribution in [-0.4, -0.2) is 44.3 Å². The number of hydrogen-bond acceptors (Lipinski definition) is 7. The van der Waals surface area contributed by atoms with Crippen LogP contribution in [0.25, 0.3) is 22.2 Å². The first-order valence-electron chi connectivity index (χ1n) is 11.3. The predicted molar refractivity (Wildman–Crippen MR) is 124 cm³/mol. The number of rotatable bonds is 5. The quantitative estimate of drug-likeness (QED) is 0.459. The van der Waals surface area contributed by atoms with Gasteiger partial charge in [0, 0.05) is 31.7 Å². The Morgan fingerprint density at radius 2 is 2.00 bits per heavy atom. The van der Waals surface area contributed by atoms with E-state index < -0.39 is 4.92 Å². The van der Waals surface area contributed by atoms with Crippen LogP contribution in [0.3, 0.4) is 0 Å². The van der Waals surface area contributed by atoms with Crippen molar-refractivity contribution in [2.45, 2.75) is 44.6 Å². The molecule has 5 rings (SSSR count). The van der Waals surface area contributed by atoms with Crippen LogP contribution in [0.5, 0.6) is 0 Å². The largest absolute Gasteiger partial charge is 0.396 e. The molecule has 2 aliphatic rings. The number of imidazole rings is 1. The molecule has 0 spiro atoms. The average Bonchev–Trinajstić information content (AvgIpc) is 3.45. The van der Waals surface area contributed by atoms with E-state index >= 15 is 0 Å². The van der Waals surface area contributed by atoms with Gasteiger partial charge in [-0.25, -0.2) is 9.97 Å². The molecule has 9 nitrogen and oxygen atoms in total. The fraction of sp³-hybridized carbons (Fsp3) is 0.478. The number of nitrogen functional groups attached to an aromatic ring is 1. The van der Waals surface area contributed by atoms with Gasteiger partial charge in [-0.1, -0.05) is 25.3 Å². The van der Waals surface area contributed by atoms with Gasteiger partial charge in [-0.2, -0.15) is 0 Å². The van der Waals surface area contributed by atoms with Crippen molar-refractivity contribution >= 4 is 28.4 Å². The number of nitrogens with zero attached hydrogens (tertiary/aromatic N) is 5. The second-order valence-electron chi connectivity index (χ2n) is 8.95. The predicted octanol–water partition coefficient (Wildman–Crippen LogP) is 3.91. The Hall–Kier alpha value is -3.20. The molecule has 9 heteroatoms.